The van der Waals surface area contributed by atoms with Crippen LogP contribution in [0.4, 0.5) is 22.7 Å². The van der Waals surface area contributed by atoms with E-state index in [0.29, 0.717) is 0 Å². The number of fused-ring (bicyclic) bond motifs is 3. The molecule has 0 atom stereocenters. The molecule has 0 fully saturated rings. The van der Waals surface area contributed by atoms with E-state index in [-0.39, 0.29) is 0 Å². The molecular weight excluding hydrogens is 364 g/mol. The zero-order valence-electron chi connectivity index (χ0n) is 17.2. The fraction of sp³-hybridized carbons (Fsp3) is 0.0714. The molecule has 0 heterocycles. The Kier molecular flexibility index (Phi) is 4.61. The third-order valence-corrected chi connectivity index (χ3v) is 5.51. The fourth-order valence-corrected chi connectivity index (χ4v) is 4.14. The van der Waals surface area contributed by atoms with Crippen LogP contribution in [0.5, 0.6) is 0 Å². The Morgan fingerprint density at radius 2 is 0.833 bits per heavy atom. The summed E-state index contributed by atoms with van der Waals surface area (Å²) in [6.07, 6.45) is 0. The van der Waals surface area contributed by atoms with Crippen LogP contribution >= 0.6 is 0 Å². The molecule has 5 aromatic carbocycles. The molecule has 0 unspecified atom stereocenters. The lowest BCUT2D eigenvalue weighted by molar-refractivity contribution is 1.44. The van der Waals surface area contributed by atoms with Crippen molar-refractivity contribution < 1.29 is 0 Å². The summed E-state index contributed by atoms with van der Waals surface area (Å²) >= 11 is 0. The van der Waals surface area contributed by atoms with Gasteiger partial charge in [0.2, 0.25) is 0 Å². The van der Waals surface area contributed by atoms with Crippen LogP contribution in [-0.2, 0) is 0 Å². The molecule has 0 bridgehead atoms. The zero-order chi connectivity index (χ0) is 20.5. The summed E-state index contributed by atoms with van der Waals surface area (Å²) in [7, 11) is 0. The SMILES string of the molecule is Cc1cccc(Nc2c(Nc3cccc(C)c3)c3ccccc3c3ccccc23)c1. The summed E-state index contributed by atoms with van der Waals surface area (Å²) in [5.74, 6) is 0. The van der Waals surface area contributed by atoms with Crippen molar-refractivity contribution in [1.29, 1.82) is 0 Å². The molecule has 0 aliphatic carbocycles. The first-order valence-corrected chi connectivity index (χ1v) is 10.3. The Bertz CT molecular complexity index is 1260. The number of rotatable bonds is 4. The lowest BCUT2D eigenvalue weighted by atomic mass is 9.97. The molecule has 0 spiro atoms. The van der Waals surface area contributed by atoms with Crippen molar-refractivity contribution in [2.75, 3.05) is 10.6 Å². The van der Waals surface area contributed by atoms with Crippen molar-refractivity contribution >= 4 is 44.3 Å². The minimum absolute atomic E-state index is 1.09. The van der Waals surface area contributed by atoms with Gasteiger partial charge in [0.05, 0.1) is 11.4 Å². The molecule has 30 heavy (non-hydrogen) atoms. The van der Waals surface area contributed by atoms with Crippen molar-refractivity contribution in [1.82, 2.24) is 0 Å². The van der Waals surface area contributed by atoms with Gasteiger partial charge in [-0.3, -0.25) is 0 Å². The maximum Gasteiger partial charge on any atom is 0.0709 e. The van der Waals surface area contributed by atoms with Crippen molar-refractivity contribution in [3.63, 3.8) is 0 Å². The minimum Gasteiger partial charge on any atom is -0.353 e. The standard InChI is InChI=1S/C28H24N2/c1-19-9-7-11-21(17-19)29-27-25-15-5-3-13-23(25)24-14-4-6-16-26(24)28(27)30-22-12-8-10-20(2)18-22/h3-18,29-30H,1-2H3. The van der Waals surface area contributed by atoms with Crippen molar-refractivity contribution in [3.05, 3.63) is 108 Å². The van der Waals surface area contributed by atoms with Crippen molar-refractivity contribution in [2.45, 2.75) is 13.8 Å². The second-order valence-electron chi connectivity index (χ2n) is 7.83. The smallest absolute Gasteiger partial charge is 0.0709 e. The maximum atomic E-state index is 3.72. The number of anilines is 4. The molecular formula is C28H24N2. The first kappa shape index (κ1) is 18.3. The molecule has 0 saturated carbocycles. The van der Waals surface area contributed by atoms with Crippen LogP contribution in [0.1, 0.15) is 11.1 Å². The highest BCUT2D eigenvalue weighted by Crippen LogP contribution is 2.42. The first-order chi connectivity index (χ1) is 14.7. The monoisotopic (exact) mass is 388 g/mol. The molecule has 0 aliphatic heterocycles. The van der Waals surface area contributed by atoms with Crippen LogP contribution in [-0.4, -0.2) is 0 Å². The van der Waals surface area contributed by atoms with E-state index in [1.165, 1.54) is 32.7 Å². The van der Waals surface area contributed by atoms with Crippen LogP contribution in [0.2, 0.25) is 0 Å². The average Bonchev–Trinajstić information content (AvgIpc) is 2.76. The fourth-order valence-electron chi connectivity index (χ4n) is 4.14. The molecule has 0 aliphatic rings. The lowest BCUT2D eigenvalue weighted by Gasteiger charge is -2.20. The van der Waals surface area contributed by atoms with E-state index in [1.807, 2.05) is 0 Å². The summed E-state index contributed by atoms with van der Waals surface area (Å²) in [5, 5.41) is 12.3. The Hall–Kier alpha value is -3.78. The summed E-state index contributed by atoms with van der Waals surface area (Å²) in [4.78, 5) is 0. The highest BCUT2D eigenvalue weighted by molar-refractivity contribution is 6.21. The summed E-state index contributed by atoms with van der Waals surface area (Å²) in [6.45, 7) is 4.24. The second-order valence-corrected chi connectivity index (χ2v) is 7.83. The van der Waals surface area contributed by atoms with Gasteiger partial charge in [0, 0.05) is 22.1 Å². The molecule has 5 rings (SSSR count). The van der Waals surface area contributed by atoms with E-state index in [2.05, 4.69) is 122 Å². The quantitative estimate of drug-likeness (QED) is 0.240. The predicted octanol–water partition coefficient (Wildman–Crippen LogP) is 8.10. The van der Waals surface area contributed by atoms with Gasteiger partial charge in [0.25, 0.3) is 0 Å². The molecule has 2 nitrogen and oxygen atoms in total. The van der Waals surface area contributed by atoms with Gasteiger partial charge in [-0.15, -0.1) is 0 Å². The molecule has 0 amide bonds. The van der Waals surface area contributed by atoms with E-state index in [4.69, 9.17) is 0 Å². The molecule has 146 valence electrons. The number of hydrogen-bond donors (Lipinski definition) is 2. The van der Waals surface area contributed by atoms with Gasteiger partial charge in [-0.05, 0) is 60.0 Å². The first-order valence-electron chi connectivity index (χ1n) is 10.3. The minimum atomic E-state index is 1.09. The van der Waals surface area contributed by atoms with Crippen molar-refractivity contribution in [2.24, 2.45) is 0 Å². The van der Waals surface area contributed by atoms with Gasteiger partial charge in [-0.2, -0.15) is 0 Å². The molecule has 0 saturated heterocycles. The van der Waals surface area contributed by atoms with Gasteiger partial charge < -0.3 is 10.6 Å². The van der Waals surface area contributed by atoms with E-state index >= 15 is 0 Å². The molecule has 2 heteroatoms. The molecule has 5 aromatic rings. The number of hydrogen-bond acceptors (Lipinski definition) is 2. The Balaban J connectivity index is 1.79. The highest BCUT2D eigenvalue weighted by Gasteiger charge is 2.15. The Labute approximate surface area is 177 Å². The topological polar surface area (TPSA) is 24.1 Å². The summed E-state index contributed by atoms with van der Waals surface area (Å²) in [5.41, 5.74) is 6.83. The summed E-state index contributed by atoms with van der Waals surface area (Å²) < 4.78 is 0. The van der Waals surface area contributed by atoms with E-state index in [1.54, 1.807) is 0 Å². The van der Waals surface area contributed by atoms with Gasteiger partial charge >= 0.3 is 0 Å². The lowest BCUT2D eigenvalue weighted by Crippen LogP contribution is -2.00. The molecule has 0 aromatic heterocycles. The van der Waals surface area contributed by atoms with Gasteiger partial charge in [-0.25, -0.2) is 0 Å². The molecule has 0 radical (unpaired) electrons. The highest BCUT2D eigenvalue weighted by atomic mass is 15.0. The zero-order valence-corrected chi connectivity index (χ0v) is 17.2. The maximum absolute atomic E-state index is 3.72. The predicted molar refractivity (Wildman–Crippen MR) is 130 cm³/mol. The second kappa shape index (κ2) is 7.57. The van der Waals surface area contributed by atoms with E-state index < -0.39 is 0 Å². The Morgan fingerprint density at radius 1 is 0.433 bits per heavy atom. The normalized spacial score (nSPS) is 11.0. The van der Waals surface area contributed by atoms with Crippen LogP contribution in [0.15, 0.2) is 97.1 Å². The van der Waals surface area contributed by atoms with Crippen LogP contribution in [0, 0.1) is 13.8 Å². The van der Waals surface area contributed by atoms with Gasteiger partial charge in [0.1, 0.15) is 0 Å². The largest absolute Gasteiger partial charge is 0.353 e. The third-order valence-electron chi connectivity index (χ3n) is 5.51. The van der Waals surface area contributed by atoms with Gasteiger partial charge in [-0.1, -0.05) is 72.8 Å². The molecule has 2 N–H and O–H groups in total. The van der Waals surface area contributed by atoms with Crippen LogP contribution < -0.4 is 10.6 Å². The van der Waals surface area contributed by atoms with E-state index in [9.17, 15) is 0 Å². The van der Waals surface area contributed by atoms with E-state index in [0.717, 1.165) is 22.7 Å². The number of benzene rings is 5. The van der Waals surface area contributed by atoms with Gasteiger partial charge in [0.15, 0.2) is 0 Å². The number of nitrogens with one attached hydrogen (secondary N) is 2. The average molecular weight is 389 g/mol. The van der Waals surface area contributed by atoms with Crippen LogP contribution in [0.25, 0.3) is 21.5 Å². The summed E-state index contributed by atoms with van der Waals surface area (Å²) in [6, 6.07) is 34.3. The Morgan fingerprint density at radius 3 is 1.23 bits per heavy atom. The van der Waals surface area contributed by atoms with Crippen molar-refractivity contribution in [3.8, 4) is 0 Å². The van der Waals surface area contributed by atoms with Crippen LogP contribution in [0.3, 0.4) is 0 Å². The number of aryl methyl sites for hydroxylation is 2. The third kappa shape index (κ3) is 3.37.